The van der Waals surface area contributed by atoms with E-state index in [1.807, 2.05) is 0 Å². The van der Waals surface area contributed by atoms with Crippen molar-refractivity contribution in [2.75, 3.05) is 20.2 Å². The highest BCUT2D eigenvalue weighted by Crippen LogP contribution is 2.38. The standard InChI is InChI=1S/C19H24FNO5/c1-25-19(24)7-6-18(23)21-10-12-8-16(22)17(9-13(12)11-21)26-15-4-2-14(20)3-5-15/h2-5,12-13,16-17,22H,6-11H2,1H3/t12-,13+,16+,17+/m0/s1. The van der Waals surface area contributed by atoms with Gasteiger partial charge in [-0.1, -0.05) is 0 Å². The van der Waals surface area contributed by atoms with Crippen molar-refractivity contribution in [3.05, 3.63) is 30.1 Å². The molecule has 1 aromatic carbocycles. The molecule has 1 aliphatic heterocycles. The number of ether oxygens (including phenoxy) is 2. The number of likely N-dealkylation sites (tertiary alicyclic amines) is 1. The number of aliphatic hydroxyl groups excluding tert-OH is 1. The topological polar surface area (TPSA) is 76.1 Å². The normalized spacial score (nSPS) is 27.7. The second-order valence-corrected chi connectivity index (χ2v) is 7.04. The van der Waals surface area contributed by atoms with E-state index in [0.717, 1.165) is 0 Å². The van der Waals surface area contributed by atoms with E-state index in [-0.39, 0.29) is 42.5 Å². The summed E-state index contributed by atoms with van der Waals surface area (Å²) in [5, 5.41) is 10.4. The van der Waals surface area contributed by atoms with Crippen LogP contribution in [0.1, 0.15) is 25.7 Å². The monoisotopic (exact) mass is 365 g/mol. The first-order chi connectivity index (χ1) is 12.5. The zero-order valence-electron chi connectivity index (χ0n) is 14.8. The van der Waals surface area contributed by atoms with Crippen LogP contribution in [0.2, 0.25) is 0 Å². The number of nitrogens with zero attached hydrogens (tertiary/aromatic N) is 1. The van der Waals surface area contributed by atoms with Crippen molar-refractivity contribution in [2.24, 2.45) is 11.8 Å². The molecule has 2 aliphatic rings. The van der Waals surface area contributed by atoms with E-state index in [9.17, 15) is 19.1 Å². The zero-order chi connectivity index (χ0) is 18.7. The van der Waals surface area contributed by atoms with Gasteiger partial charge in [0, 0.05) is 19.5 Å². The van der Waals surface area contributed by atoms with Crippen LogP contribution in [-0.2, 0) is 14.3 Å². The highest BCUT2D eigenvalue weighted by molar-refractivity contribution is 5.81. The van der Waals surface area contributed by atoms with Gasteiger partial charge in [-0.05, 0) is 48.9 Å². The molecule has 0 bridgehead atoms. The number of carbonyl (C=O) groups is 2. The number of methoxy groups -OCH3 is 1. The van der Waals surface area contributed by atoms with E-state index in [1.165, 1.54) is 19.2 Å². The minimum absolute atomic E-state index is 0.0599. The lowest BCUT2D eigenvalue weighted by atomic mass is 9.78. The Bertz CT molecular complexity index is 650. The van der Waals surface area contributed by atoms with Crippen molar-refractivity contribution in [1.29, 1.82) is 0 Å². The predicted octanol–water partition coefficient (Wildman–Crippen LogP) is 1.76. The van der Waals surface area contributed by atoms with Gasteiger partial charge in [0.1, 0.15) is 17.7 Å². The first-order valence-corrected chi connectivity index (χ1v) is 8.91. The number of amides is 1. The maximum atomic E-state index is 13.0. The second-order valence-electron chi connectivity index (χ2n) is 7.04. The third-order valence-corrected chi connectivity index (χ3v) is 5.31. The maximum Gasteiger partial charge on any atom is 0.306 e. The summed E-state index contributed by atoms with van der Waals surface area (Å²) in [6, 6.07) is 5.74. The quantitative estimate of drug-likeness (QED) is 0.805. The Morgan fingerprint density at radius 3 is 2.46 bits per heavy atom. The van der Waals surface area contributed by atoms with Gasteiger partial charge in [0.25, 0.3) is 0 Å². The molecule has 3 rings (SSSR count). The number of aliphatic hydroxyl groups is 1. The van der Waals surface area contributed by atoms with Crippen LogP contribution in [0.5, 0.6) is 5.75 Å². The molecule has 0 aromatic heterocycles. The molecule has 1 aliphatic carbocycles. The first kappa shape index (κ1) is 18.6. The summed E-state index contributed by atoms with van der Waals surface area (Å²) >= 11 is 0. The minimum atomic E-state index is -0.619. The van der Waals surface area contributed by atoms with Gasteiger partial charge in [-0.2, -0.15) is 0 Å². The third kappa shape index (κ3) is 4.33. The Kier molecular flexibility index (Phi) is 5.76. The van der Waals surface area contributed by atoms with Crippen LogP contribution in [0, 0.1) is 17.7 Å². The summed E-state index contributed by atoms with van der Waals surface area (Å²) in [7, 11) is 1.31. The molecule has 142 valence electrons. The van der Waals surface area contributed by atoms with Crippen molar-refractivity contribution in [2.45, 2.75) is 37.9 Å². The smallest absolute Gasteiger partial charge is 0.306 e. The molecule has 1 aromatic rings. The molecular weight excluding hydrogens is 341 g/mol. The highest BCUT2D eigenvalue weighted by Gasteiger charge is 2.43. The van der Waals surface area contributed by atoms with Gasteiger partial charge in [-0.25, -0.2) is 4.39 Å². The second kappa shape index (κ2) is 8.03. The molecule has 0 radical (unpaired) electrons. The molecule has 4 atom stereocenters. The number of rotatable bonds is 5. The van der Waals surface area contributed by atoms with Crippen LogP contribution in [0.15, 0.2) is 24.3 Å². The molecule has 1 amide bonds. The Morgan fingerprint density at radius 2 is 1.81 bits per heavy atom. The van der Waals surface area contributed by atoms with E-state index < -0.39 is 12.1 Å². The number of benzene rings is 1. The van der Waals surface area contributed by atoms with Crippen molar-refractivity contribution in [1.82, 2.24) is 4.90 Å². The molecule has 7 heteroatoms. The molecule has 1 saturated heterocycles. The van der Waals surface area contributed by atoms with E-state index in [0.29, 0.717) is 31.7 Å². The summed E-state index contributed by atoms with van der Waals surface area (Å²) in [4.78, 5) is 25.2. The highest BCUT2D eigenvalue weighted by atomic mass is 19.1. The van der Waals surface area contributed by atoms with E-state index in [1.54, 1.807) is 17.0 Å². The van der Waals surface area contributed by atoms with Crippen LogP contribution in [-0.4, -0.2) is 54.3 Å². The molecule has 0 unspecified atom stereocenters. The van der Waals surface area contributed by atoms with Gasteiger partial charge in [0.05, 0.1) is 19.6 Å². The van der Waals surface area contributed by atoms with Gasteiger partial charge < -0.3 is 19.5 Å². The molecule has 6 nitrogen and oxygen atoms in total. The molecule has 26 heavy (non-hydrogen) atoms. The Hall–Kier alpha value is -2.15. The Morgan fingerprint density at radius 1 is 1.15 bits per heavy atom. The van der Waals surface area contributed by atoms with E-state index >= 15 is 0 Å². The molecule has 1 N–H and O–H groups in total. The number of halogens is 1. The fourth-order valence-electron chi connectivity index (χ4n) is 3.88. The zero-order valence-corrected chi connectivity index (χ0v) is 14.8. The van der Waals surface area contributed by atoms with Crippen LogP contribution in [0.4, 0.5) is 4.39 Å². The van der Waals surface area contributed by atoms with Gasteiger partial charge in [-0.15, -0.1) is 0 Å². The molecule has 0 spiro atoms. The lowest BCUT2D eigenvalue weighted by Gasteiger charge is -2.35. The Labute approximate surface area is 151 Å². The lowest BCUT2D eigenvalue weighted by Crippen LogP contribution is -2.42. The number of fused-ring (bicyclic) bond motifs is 1. The largest absolute Gasteiger partial charge is 0.488 e. The lowest BCUT2D eigenvalue weighted by molar-refractivity contribution is -0.143. The number of carbonyl (C=O) groups excluding carboxylic acids is 2. The SMILES string of the molecule is COC(=O)CCC(=O)N1C[C@H]2C[C@@H](Oc3ccc(F)cc3)[C@H](O)C[C@H]2C1. The summed E-state index contributed by atoms with van der Waals surface area (Å²) in [5.74, 6) is 0.232. The van der Waals surface area contributed by atoms with Crippen molar-refractivity contribution in [3.8, 4) is 5.75 Å². The number of hydrogen-bond acceptors (Lipinski definition) is 5. The maximum absolute atomic E-state index is 13.0. The van der Waals surface area contributed by atoms with Crippen molar-refractivity contribution >= 4 is 11.9 Å². The molecule has 2 fully saturated rings. The third-order valence-electron chi connectivity index (χ3n) is 5.31. The fourth-order valence-corrected chi connectivity index (χ4v) is 3.88. The average molecular weight is 365 g/mol. The number of esters is 1. The Balaban J connectivity index is 1.55. The van der Waals surface area contributed by atoms with Gasteiger partial charge in [-0.3, -0.25) is 9.59 Å². The van der Waals surface area contributed by atoms with E-state index in [2.05, 4.69) is 4.74 Å². The van der Waals surface area contributed by atoms with Gasteiger partial charge in [0.15, 0.2) is 0 Å². The summed E-state index contributed by atoms with van der Waals surface area (Å²) < 4.78 is 23.4. The van der Waals surface area contributed by atoms with Crippen LogP contribution < -0.4 is 4.74 Å². The van der Waals surface area contributed by atoms with Crippen molar-refractivity contribution < 1.29 is 28.6 Å². The van der Waals surface area contributed by atoms with Crippen LogP contribution in [0.25, 0.3) is 0 Å². The van der Waals surface area contributed by atoms with Crippen LogP contribution in [0.3, 0.4) is 0 Å². The summed E-state index contributed by atoms with van der Waals surface area (Å²) in [6.07, 6.45) is 0.448. The predicted molar refractivity (Wildman–Crippen MR) is 90.9 cm³/mol. The number of hydrogen-bond donors (Lipinski definition) is 1. The first-order valence-electron chi connectivity index (χ1n) is 8.91. The van der Waals surface area contributed by atoms with Crippen molar-refractivity contribution in [3.63, 3.8) is 0 Å². The molecular formula is C19H24FNO5. The summed E-state index contributed by atoms with van der Waals surface area (Å²) in [6.45, 7) is 1.21. The fraction of sp³-hybridized carbons (Fsp3) is 0.579. The van der Waals surface area contributed by atoms with Crippen LogP contribution >= 0.6 is 0 Å². The summed E-state index contributed by atoms with van der Waals surface area (Å²) in [5.41, 5.74) is 0. The molecule has 1 saturated carbocycles. The van der Waals surface area contributed by atoms with Gasteiger partial charge in [0.2, 0.25) is 5.91 Å². The molecule has 1 heterocycles. The van der Waals surface area contributed by atoms with Gasteiger partial charge >= 0.3 is 5.97 Å². The average Bonchev–Trinajstić information content (AvgIpc) is 3.04. The van der Waals surface area contributed by atoms with E-state index in [4.69, 9.17) is 4.74 Å². The minimum Gasteiger partial charge on any atom is -0.488 e.